The number of ether oxygens (including phenoxy) is 1. The lowest BCUT2D eigenvalue weighted by molar-refractivity contribution is -0.274. The van der Waals surface area contributed by atoms with Crippen molar-refractivity contribution < 1.29 is 30.7 Å². The Morgan fingerprint density at radius 2 is 1.81 bits per heavy atom. The van der Waals surface area contributed by atoms with Crippen LogP contribution in [0.25, 0.3) is 11.3 Å². The molecule has 10 heteroatoms. The molecular formula is C16H11F3N2O4S. The number of oxazole rings is 1. The van der Waals surface area contributed by atoms with E-state index in [1.165, 1.54) is 24.7 Å². The van der Waals surface area contributed by atoms with Crippen LogP contribution in [-0.2, 0) is 10.0 Å². The van der Waals surface area contributed by atoms with E-state index in [9.17, 15) is 21.6 Å². The SMILES string of the molecule is O=S(=O)(Nc1ccc(-c2cnco2)cc1)c1cccc(OC(F)(F)F)c1. The Labute approximate surface area is 146 Å². The van der Waals surface area contributed by atoms with E-state index in [1.807, 2.05) is 0 Å². The molecule has 136 valence electrons. The van der Waals surface area contributed by atoms with Crippen LogP contribution in [0.1, 0.15) is 0 Å². The molecule has 6 nitrogen and oxygen atoms in total. The van der Waals surface area contributed by atoms with Crippen molar-refractivity contribution in [3.8, 4) is 17.1 Å². The minimum atomic E-state index is -4.91. The molecule has 0 aliphatic carbocycles. The normalized spacial score (nSPS) is 12.0. The molecule has 3 rings (SSSR count). The number of halogens is 3. The highest BCUT2D eigenvalue weighted by Crippen LogP contribution is 2.26. The minimum Gasteiger partial charge on any atom is -0.444 e. The fourth-order valence-corrected chi connectivity index (χ4v) is 3.21. The monoisotopic (exact) mass is 384 g/mol. The van der Waals surface area contributed by atoms with Crippen LogP contribution in [0, 0.1) is 0 Å². The van der Waals surface area contributed by atoms with Crippen molar-refractivity contribution in [1.82, 2.24) is 4.98 Å². The number of nitrogens with one attached hydrogen (secondary N) is 1. The van der Waals surface area contributed by atoms with Crippen LogP contribution < -0.4 is 9.46 Å². The van der Waals surface area contributed by atoms with Gasteiger partial charge in [-0.3, -0.25) is 4.72 Å². The van der Waals surface area contributed by atoms with Crippen molar-refractivity contribution in [2.24, 2.45) is 0 Å². The summed E-state index contributed by atoms with van der Waals surface area (Å²) in [5, 5.41) is 0. The number of anilines is 1. The van der Waals surface area contributed by atoms with Crippen LogP contribution >= 0.6 is 0 Å². The zero-order valence-corrected chi connectivity index (χ0v) is 13.7. The van der Waals surface area contributed by atoms with Crippen molar-refractivity contribution in [1.29, 1.82) is 0 Å². The number of sulfonamides is 1. The zero-order valence-electron chi connectivity index (χ0n) is 12.9. The molecule has 0 radical (unpaired) electrons. The van der Waals surface area contributed by atoms with E-state index in [0.29, 0.717) is 11.3 Å². The molecule has 2 aromatic carbocycles. The summed E-state index contributed by atoms with van der Waals surface area (Å²) in [5.74, 6) is -0.113. The fourth-order valence-electron chi connectivity index (χ4n) is 2.11. The largest absolute Gasteiger partial charge is 0.573 e. The smallest absolute Gasteiger partial charge is 0.444 e. The van der Waals surface area contributed by atoms with Crippen molar-refractivity contribution in [3.05, 3.63) is 61.1 Å². The van der Waals surface area contributed by atoms with Crippen molar-refractivity contribution in [2.75, 3.05) is 4.72 Å². The van der Waals surface area contributed by atoms with Gasteiger partial charge in [-0.25, -0.2) is 13.4 Å². The molecule has 0 amide bonds. The fraction of sp³-hybridized carbons (Fsp3) is 0.0625. The lowest BCUT2D eigenvalue weighted by Crippen LogP contribution is -2.18. The summed E-state index contributed by atoms with van der Waals surface area (Å²) in [5.41, 5.74) is 0.918. The Morgan fingerprint density at radius 1 is 1.08 bits per heavy atom. The molecule has 0 spiro atoms. The Hall–Kier alpha value is -3.01. The molecule has 0 saturated heterocycles. The van der Waals surface area contributed by atoms with Gasteiger partial charge in [-0.15, -0.1) is 13.2 Å². The molecule has 1 aromatic heterocycles. The first-order valence-electron chi connectivity index (χ1n) is 7.10. The molecule has 0 aliphatic rings. The van der Waals surface area contributed by atoms with Crippen LogP contribution in [-0.4, -0.2) is 19.8 Å². The van der Waals surface area contributed by atoms with E-state index in [0.717, 1.165) is 24.3 Å². The summed E-state index contributed by atoms with van der Waals surface area (Å²) in [6.07, 6.45) is -2.14. The highest BCUT2D eigenvalue weighted by molar-refractivity contribution is 7.92. The van der Waals surface area contributed by atoms with Crippen molar-refractivity contribution in [2.45, 2.75) is 11.3 Å². The van der Waals surface area contributed by atoms with Crippen molar-refractivity contribution >= 4 is 15.7 Å². The summed E-state index contributed by atoms with van der Waals surface area (Å²) in [7, 11) is -4.09. The van der Waals surface area contributed by atoms with Crippen LogP contribution in [0.3, 0.4) is 0 Å². The van der Waals surface area contributed by atoms with E-state index in [-0.39, 0.29) is 10.6 Å². The van der Waals surface area contributed by atoms with Gasteiger partial charge in [0.2, 0.25) is 0 Å². The molecule has 0 bridgehead atoms. The molecular weight excluding hydrogens is 373 g/mol. The lowest BCUT2D eigenvalue weighted by atomic mass is 10.2. The van der Waals surface area contributed by atoms with Gasteiger partial charge in [0.25, 0.3) is 10.0 Å². The third-order valence-corrected chi connectivity index (χ3v) is 4.58. The van der Waals surface area contributed by atoms with Gasteiger partial charge >= 0.3 is 6.36 Å². The highest BCUT2D eigenvalue weighted by atomic mass is 32.2. The average molecular weight is 384 g/mol. The predicted octanol–water partition coefficient (Wildman–Crippen LogP) is 4.04. The van der Waals surface area contributed by atoms with E-state index in [1.54, 1.807) is 12.1 Å². The van der Waals surface area contributed by atoms with E-state index in [2.05, 4.69) is 14.4 Å². The first-order valence-corrected chi connectivity index (χ1v) is 8.59. The first-order chi connectivity index (χ1) is 12.2. The van der Waals surface area contributed by atoms with Crippen molar-refractivity contribution in [3.63, 3.8) is 0 Å². The third-order valence-electron chi connectivity index (χ3n) is 3.20. The van der Waals surface area contributed by atoms with Gasteiger partial charge in [0, 0.05) is 17.3 Å². The number of hydrogen-bond acceptors (Lipinski definition) is 5. The molecule has 0 unspecified atom stereocenters. The first kappa shape index (κ1) is 17.8. The average Bonchev–Trinajstić information content (AvgIpc) is 3.08. The lowest BCUT2D eigenvalue weighted by Gasteiger charge is -2.11. The van der Waals surface area contributed by atoms with Crippen LogP contribution in [0.4, 0.5) is 18.9 Å². The third kappa shape index (κ3) is 4.33. The Kier molecular flexibility index (Phi) is 4.60. The molecule has 0 saturated carbocycles. The summed E-state index contributed by atoms with van der Waals surface area (Å²) < 4.78 is 72.7. The molecule has 3 aromatic rings. The molecule has 1 N–H and O–H groups in total. The summed E-state index contributed by atoms with van der Waals surface area (Å²) in [4.78, 5) is 3.42. The maximum atomic E-state index is 12.4. The quantitative estimate of drug-likeness (QED) is 0.718. The molecule has 26 heavy (non-hydrogen) atoms. The highest BCUT2D eigenvalue weighted by Gasteiger charge is 2.31. The number of benzene rings is 2. The van der Waals surface area contributed by atoms with E-state index >= 15 is 0 Å². The van der Waals surface area contributed by atoms with Gasteiger partial charge in [-0.1, -0.05) is 6.07 Å². The number of rotatable bonds is 5. The van der Waals surface area contributed by atoms with Gasteiger partial charge in [0.1, 0.15) is 5.75 Å². The number of nitrogens with zero attached hydrogens (tertiary/aromatic N) is 1. The zero-order chi connectivity index (χ0) is 18.8. The van der Waals surface area contributed by atoms with Crippen LogP contribution in [0.2, 0.25) is 0 Å². The maximum absolute atomic E-state index is 12.4. The molecule has 0 aliphatic heterocycles. The summed E-state index contributed by atoms with van der Waals surface area (Å²) in [6.45, 7) is 0. The van der Waals surface area contributed by atoms with Gasteiger partial charge in [0.05, 0.1) is 11.1 Å². The topological polar surface area (TPSA) is 81.4 Å². The van der Waals surface area contributed by atoms with Gasteiger partial charge < -0.3 is 9.15 Å². The number of alkyl halides is 3. The Bertz CT molecular complexity index is 985. The van der Waals surface area contributed by atoms with Gasteiger partial charge in [-0.05, 0) is 36.4 Å². The Morgan fingerprint density at radius 3 is 2.42 bits per heavy atom. The molecule has 0 atom stereocenters. The van der Waals surface area contributed by atoms with Gasteiger partial charge in [-0.2, -0.15) is 0 Å². The van der Waals surface area contributed by atoms with Crippen LogP contribution in [0.15, 0.2) is 70.4 Å². The second-order valence-electron chi connectivity index (χ2n) is 5.07. The number of aromatic nitrogens is 1. The molecule has 0 fully saturated rings. The van der Waals surface area contributed by atoms with E-state index in [4.69, 9.17) is 4.42 Å². The van der Waals surface area contributed by atoms with Crippen LogP contribution in [0.5, 0.6) is 5.75 Å². The summed E-state index contributed by atoms with van der Waals surface area (Å²) in [6, 6.07) is 10.3. The van der Waals surface area contributed by atoms with E-state index < -0.39 is 22.1 Å². The second-order valence-corrected chi connectivity index (χ2v) is 6.75. The number of hydrogen-bond donors (Lipinski definition) is 1. The molecule has 1 heterocycles. The summed E-state index contributed by atoms with van der Waals surface area (Å²) >= 11 is 0. The predicted molar refractivity (Wildman–Crippen MR) is 85.9 cm³/mol. The second kappa shape index (κ2) is 6.71. The minimum absolute atomic E-state index is 0.232. The Balaban J connectivity index is 1.79. The van der Waals surface area contributed by atoms with Gasteiger partial charge in [0.15, 0.2) is 12.2 Å². The standard InChI is InChI=1S/C16H11F3N2O4S/c17-16(18,19)25-13-2-1-3-14(8-13)26(22,23)21-12-6-4-11(5-7-12)15-9-20-10-24-15/h1-10,21H. The maximum Gasteiger partial charge on any atom is 0.573 e.